The van der Waals surface area contributed by atoms with Gasteiger partial charge in [-0.15, -0.1) is 0 Å². The Balaban J connectivity index is 1.67. The lowest BCUT2D eigenvalue weighted by atomic mass is 10.1. The zero-order valence-electron chi connectivity index (χ0n) is 16.8. The highest BCUT2D eigenvalue weighted by Crippen LogP contribution is 2.24. The van der Waals surface area contributed by atoms with E-state index < -0.39 is 5.91 Å². The average Bonchev–Trinajstić information content (AvgIpc) is 2.74. The maximum Gasteiger partial charge on any atom is 0.266 e. The normalized spacial score (nSPS) is 10.9. The zero-order chi connectivity index (χ0) is 21.5. The fraction of sp³-hybridized carbons (Fsp3) is 0.120. The number of hydrogen-bond acceptors (Lipinski definition) is 3. The summed E-state index contributed by atoms with van der Waals surface area (Å²) < 4.78 is 5.81. The number of aryl methyl sites for hydroxylation is 1. The minimum Gasteiger partial charge on any atom is -0.489 e. The van der Waals surface area contributed by atoms with Crippen LogP contribution in [0.5, 0.6) is 5.75 Å². The van der Waals surface area contributed by atoms with Crippen molar-refractivity contribution >= 4 is 29.3 Å². The smallest absolute Gasteiger partial charge is 0.266 e. The van der Waals surface area contributed by atoms with E-state index in [-0.39, 0.29) is 5.57 Å². The van der Waals surface area contributed by atoms with Crippen molar-refractivity contribution < 1.29 is 9.53 Å². The number of rotatable bonds is 6. The van der Waals surface area contributed by atoms with Crippen LogP contribution in [0.2, 0.25) is 5.02 Å². The van der Waals surface area contributed by atoms with Crippen LogP contribution in [0.25, 0.3) is 6.08 Å². The molecule has 4 nitrogen and oxygen atoms in total. The van der Waals surface area contributed by atoms with Crippen LogP contribution in [0, 0.1) is 25.2 Å². The van der Waals surface area contributed by atoms with Gasteiger partial charge in [0, 0.05) is 10.7 Å². The molecular formula is C25H21ClN2O2. The first-order valence-corrected chi connectivity index (χ1v) is 9.81. The van der Waals surface area contributed by atoms with Gasteiger partial charge in [-0.2, -0.15) is 5.26 Å². The molecular weight excluding hydrogens is 396 g/mol. The van der Waals surface area contributed by atoms with E-state index in [0.717, 1.165) is 16.7 Å². The Morgan fingerprint density at radius 2 is 1.83 bits per heavy atom. The third kappa shape index (κ3) is 5.50. The molecule has 5 heteroatoms. The van der Waals surface area contributed by atoms with Gasteiger partial charge in [0.05, 0.1) is 0 Å². The minimum absolute atomic E-state index is 0.00260. The molecule has 0 spiro atoms. The third-order valence-electron chi connectivity index (χ3n) is 4.56. The second kappa shape index (κ2) is 9.78. The summed E-state index contributed by atoms with van der Waals surface area (Å²) in [7, 11) is 0. The second-order valence-electron chi connectivity index (χ2n) is 6.88. The summed E-state index contributed by atoms with van der Waals surface area (Å²) in [6.45, 7) is 4.33. The number of anilines is 1. The molecule has 0 aliphatic heterocycles. The number of carbonyl (C=O) groups excluding carboxylic acids is 1. The van der Waals surface area contributed by atoms with Crippen molar-refractivity contribution in [1.82, 2.24) is 0 Å². The summed E-state index contributed by atoms with van der Waals surface area (Å²) in [5.41, 5.74) is 4.34. The van der Waals surface area contributed by atoms with E-state index in [1.165, 1.54) is 5.56 Å². The minimum atomic E-state index is -0.484. The number of nitrogens with zero attached hydrogens (tertiary/aromatic N) is 1. The molecule has 0 aromatic heterocycles. The average molecular weight is 417 g/mol. The SMILES string of the molecule is Cc1cccc(COc2ccc(/C=C(\C#N)C(=O)Nc3cccc(Cl)c3C)cc2)c1. The van der Waals surface area contributed by atoms with Crippen molar-refractivity contribution in [1.29, 1.82) is 5.26 Å². The molecule has 0 fully saturated rings. The molecule has 0 saturated carbocycles. The van der Waals surface area contributed by atoms with Gasteiger partial charge >= 0.3 is 0 Å². The highest BCUT2D eigenvalue weighted by atomic mass is 35.5. The number of amides is 1. The Kier molecular flexibility index (Phi) is 6.90. The van der Waals surface area contributed by atoms with Gasteiger partial charge in [-0.05, 0) is 60.9 Å². The van der Waals surface area contributed by atoms with E-state index in [9.17, 15) is 10.1 Å². The molecule has 30 heavy (non-hydrogen) atoms. The van der Waals surface area contributed by atoms with Gasteiger partial charge in [-0.3, -0.25) is 4.79 Å². The first-order valence-electron chi connectivity index (χ1n) is 9.43. The molecule has 3 aromatic carbocycles. The molecule has 0 unspecified atom stereocenters. The van der Waals surface area contributed by atoms with E-state index in [1.54, 1.807) is 36.4 Å². The molecule has 0 heterocycles. The summed E-state index contributed by atoms with van der Waals surface area (Å²) >= 11 is 6.08. The Labute approximate surface area is 181 Å². The van der Waals surface area contributed by atoms with Gasteiger partial charge in [0.2, 0.25) is 0 Å². The molecule has 0 saturated heterocycles. The van der Waals surface area contributed by atoms with Crippen LogP contribution < -0.4 is 10.1 Å². The van der Waals surface area contributed by atoms with Gasteiger partial charge in [0.25, 0.3) is 5.91 Å². The lowest BCUT2D eigenvalue weighted by molar-refractivity contribution is -0.112. The summed E-state index contributed by atoms with van der Waals surface area (Å²) in [6, 6.07) is 22.6. The molecule has 150 valence electrons. The van der Waals surface area contributed by atoms with Gasteiger partial charge in [0.15, 0.2) is 0 Å². The zero-order valence-corrected chi connectivity index (χ0v) is 17.5. The third-order valence-corrected chi connectivity index (χ3v) is 4.97. The van der Waals surface area contributed by atoms with E-state index in [4.69, 9.17) is 16.3 Å². The highest BCUT2D eigenvalue weighted by Gasteiger charge is 2.12. The Hall–Kier alpha value is -3.55. The number of halogens is 1. The number of ether oxygens (including phenoxy) is 1. The largest absolute Gasteiger partial charge is 0.489 e. The van der Waals surface area contributed by atoms with Crippen molar-refractivity contribution in [3.63, 3.8) is 0 Å². The van der Waals surface area contributed by atoms with Crippen molar-refractivity contribution in [2.45, 2.75) is 20.5 Å². The number of nitrogens with one attached hydrogen (secondary N) is 1. The van der Waals surface area contributed by atoms with Crippen LogP contribution in [0.3, 0.4) is 0 Å². The number of nitriles is 1. The number of benzene rings is 3. The Morgan fingerprint density at radius 3 is 2.53 bits per heavy atom. The van der Waals surface area contributed by atoms with Crippen LogP contribution in [-0.4, -0.2) is 5.91 Å². The lowest BCUT2D eigenvalue weighted by Crippen LogP contribution is -2.14. The maximum atomic E-state index is 12.5. The van der Waals surface area contributed by atoms with Crippen LogP contribution in [-0.2, 0) is 11.4 Å². The highest BCUT2D eigenvalue weighted by molar-refractivity contribution is 6.31. The van der Waals surface area contributed by atoms with E-state index in [0.29, 0.717) is 23.1 Å². The predicted octanol–water partition coefficient (Wildman–Crippen LogP) is 6.08. The lowest BCUT2D eigenvalue weighted by Gasteiger charge is -2.09. The molecule has 1 amide bonds. The molecule has 3 rings (SSSR count). The standard InChI is InChI=1S/C25H21ClN2O2/c1-17-5-3-6-20(13-17)16-30-22-11-9-19(10-12-22)14-21(15-27)25(29)28-24-8-4-7-23(26)18(24)2/h3-14H,16H2,1-2H3,(H,28,29)/b21-14+. The molecule has 3 aromatic rings. The predicted molar refractivity (Wildman–Crippen MR) is 120 cm³/mol. The van der Waals surface area contributed by atoms with Crippen molar-refractivity contribution in [2.75, 3.05) is 5.32 Å². The van der Waals surface area contributed by atoms with Crippen LogP contribution >= 0.6 is 11.6 Å². The van der Waals surface area contributed by atoms with Gasteiger partial charge in [-0.25, -0.2) is 0 Å². The van der Waals surface area contributed by atoms with Crippen molar-refractivity contribution in [2.24, 2.45) is 0 Å². The van der Waals surface area contributed by atoms with Gasteiger partial charge in [-0.1, -0.05) is 59.6 Å². The summed E-state index contributed by atoms with van der Waals surface area (Å²) in [5, 5.41) is 12.7. The first kappa shape index (κ1) is 21.2. The number of hydrogen-bond donors (Lipinski definition) is 1. The first-order chi connectivity index (χ1) is 14.5. The van der Waals surface area contributed by atoms with E-state index >= 15 is 0 Å². The molecule has 1 N–H and O–H groups in total. The van der Waals surface area contributed by atoms with Gasteiger partial charge < -0.3 is 10.1 Å². The Bertz CT molecular complexity index is 1130. The molecule has 0 aliphatic rings. The summed E-state index contributed by atoms with van der Waals surface area (Å²) in [6.07, 6.45) is 1.54. The monoisotopic (exact) mass is 416 g/mol. The van der Waals surface area contributed by atoms with E-state index in [2.05, 4.69) is 11.4 Å². The summed E-state index contributed by atoms with van der Waals surface area (Å²) in [4.78, 5) is 12.5. The van der Waals surface area contributed by atoms with Crippen LogP contribution in [0.15, 0.2) is 72.3 Å². The van der Waals surface area contributed by atoms with Gasteiger partial charge in [0.1, 0.15) is 24.0 Å². The quantitative estimate of drug-likeness (QED) is 0.391. The van der Waals surface area contributed by atoms with Crippen LogP contribution in [0.1, 0.15) is 22.3 Å². The van der Waals surface area contributed by atoms with Crippen LogP contribution in [0.4, 0.5) is 5.69 Å². The van der Waals surface area contributed by atoms with Crippen molar-refractivity contribution in [3.8, 4) is 11.8 Å². The summed E-state index contributed by atoms with van der Waals surface area (Å²) in [5.74, 6) is 0.230. The maximum absolute atomic E-state index is 12.5. The van der Waals surface area contributed by atoms with Crippen molar-refractivity contribution in [3.05, 3.63) is 99.6 Å². The topological polar surface area (TPSA) is 62.1 Å². The number of carbonyl (C=O) groups is 1. The molecule has 0 radical (unpaired) electrons. The molecule has 0 aliphatic carbocycles. The molecule has 0 atom stereocenters. The second-order valence-corrected chi connectivity index (χ2v) is 7.29. The fourth-order valence-electron chi connectivity index (χ4n) is 2.88. The van der Waals surface area contributed by atoms with E-state index in [1.807, 2.05) is 50.2 Å². The molecule has 0 bridgehead atoms. The Morgan fingerprint density at radius 1 is 1.10 bits per heavy atom. The fourth-order valence-corrected chi connectivity index (χ4v) is 3.05.